The van der Waals surface area contributed by atoms with Gasteiger partial charge in [-0.25, -0.2) is 4.98 Å². The van der Waals surface area contributed by atoms with E-state index in [2.05, 4.69) is 20.7 Å². The molecule has 0 spiro atoms. The van der Waals surface area contributed by atoms with Crippen molar-refractivity contribution in [1.82, 2.24) is 20.0 Å². The number of aryl methyl sites for hydroxylation is 2. The van der Waals surface area contributed by atoms with E-state index in [-0.39, 0.29) is 29.1 Å². The standard InChI is InChI=1S/C21H25N5O3S/c1-4-5-17(27)25-26-20(29)19-16(10-14(3)23-19)24-21(26)30-12-18(28)22-11-15-8-6-13(2)7-9-15/h6-10,23H,4-5,11-12H2,1-3H3,(H,22,28)(H,25,27). The van der Waals surface area contributed by atoms with Crippen molar-refractivity contribution in [2.45, 2.75) is 45.3 Å². The van der Waals surface area contributed by atoms with Crippen molar-refractivity contribution in [3.8, 4) is 0 Å². The molecule has 2 heterocycles. The molecule has 0 aliphatic carbocycles. The summed E-state index contributed by atoms with van der Waals surface area (Å²) in [6.45, 7) is 6.13. The van der Waals surface area contributed by atoms with Crippen LogP contribution in [0.3, 0.4) is 0 Å². The highest BCUT2D eigenvalue weighted by Gasteiger charge is 2.16. The third-order valence-corrected chi connectivity index (χ3v) is 5.35. The molecule has 0 radical (unpaired) electrons. The summed E-state index contributed by atoms with van der Waals surface area (Å²) in [6.07, 6.45) is 0.942. The second-order valence-electron chi connectivity index (χ2n) is 7.08. The molecule has 2 aromatic heterocycles. The number of rotatable bonds is 8. The summed E-state index contributed by atoms with van der Waals surface area (Å²) in [5.41, 5.74) is 5.97. The van der Waals surface area contributed by atoms with Crippen LogP contribution >= 0.6 is 11.8 Å². The van der Waals surface area contributed by atoms with Crippen LogP contribution in [0.15, 0.2) is 40.3 Å². The summed E-state index contributed by atoms with van der Waals surface area (Å²) in [5, 5.41) is 3.12. The molecule has 0 unspecified atom stereocenters. The van der Waals surface area contributed by atoms with Crippen molar-refractivity contribution < 1.29 is 9.59 Å². The maximum atomic E-state index is 12.8. The van der Waals surface area contributed by atoms with Gasteiger partial charge < -0.3 is 10.3 Å². The number of carbonyl (C=O) groups excluding carboxylic acids is 2. The quantitative estimate of drug-likeness (QED) is 0.378. The van der Waals surface area contributed by atoms with E-state index in [1.807, 2.05) is 45.0 Å². The molecule has 2 amide bonds. The minimum atomic E-state index is -0.403. The Morgan fingerprint density at radius 2 is 1.90 bits per heavy atom. The molecule has 0 aliphatic heterocycles. The van der Waals surface area contributed by atoms with Crippen molar-refractivity contribution in [3.63, 3.8) is 0 Å². The molecule has 30 heavy (non-hydrogen) atoms. The van der Waals surface area contributed by atoms with Crippen LogP contribution in [0, 0.1) is 13.8 Å². The maximum Gasteiger partial charge on any atom is 0.297 e. The van der Waals surface area contributed by atoms with Gasteiger partial charge in [-0.05, 0) is 31.9 Å². The molecule has 0 bridgehead atoms. The maximum absolute atomic E-state index is 12.8. The van der Waals surface area contributed by atoms with Gasteiger partial charge in [-0.15, -0.1) is 0 Å². The van der Waals surface area contributed by atoms with Crippen LogP contribution in [0.5, 0.6) is 0 Å². The van der Waals surface area contributed by atoms with Gasteiger partial charge in [0.05, 0.1) is 11.3 Å². The molecule has 0 aliphatic rings. The lowest BCUT2D eigenvalue weighted by atomic mass is 10.1. The second kappa shape index (κ2) is 9.62. The fourth-order valence-corrected chi connectivity index (χ4v) is 3.65. The number of aromatic amines is 1. The number of fused-ring (bicyclic) bond motifs is 1. The molecule has 3 N–H and O–H groups in total. The number of hydrogen-bond donors (Lipinski definition) is 3. The number of nitrogens with zero attached hydrogens (tertiary/aromatic N) is 2. The monoisotopic (exact) mass is 427 g/mol. The summed E-state index contributed by atoms with van der Waals surface area (Å²) in [5.74, 6) is -0.405. The minimum Gasteiger partial charge on any atom is -0.353 e. The van der Waals surface area contributed by atoms with Crippen LogP contribution in [0.4, 0.5) is 0 Å². The van der Waals surface area contributed by atoms with Gasteiger partial charge in [-0.3, -0.25) is 19.8 Å². The predicted octanol–water partition coefficient (Wildman–Crippen LogP) is 2.62. The largest absolute Gasteiger partial charge is 0.353 e. The Morgan fingerprint density at radius 1 is 1.17 bits per heavy atom. The Hall–Kier alpha value is -3.07. The van der Waals surface area contributed by atoms with Crippen LogP contribution in [0.1, 0.15) is 36.6 Å². The first kappa shape index (κ1) is 21.6. The van der Waals surface area contributed by atoms with E-state index in [0.717, 1.165) is 33.3 Å². The molecule has 1 aromatic carbocycles. The number of nitrogens with one attached hydrogen (secondary N) is 3. The van der Waals surface area contributed by atoms with Gasteiger partial charge in [-0.2, -0.15) is 4.68 Å². The van der Waals surface area contributed by atoms with Crippen LogP contribution in [-0.2, 0) is 16.1 Å². The van der Waals surface area contributed by atoms with Gasteiger partial charge >= 0.3 is 0 Å². The number of aromatic nitrogens is 3. The first-order valence-electron chi connectivity index (χ1n) is 9.74. The van der Waals surface area contributed by atoms with Gasteiger partial charge in [0.15, 0.2) is 5.16 Å². The SMILES string of the molecule is CCCC(=O)Nn1c(SCC(=O)NCc2ccc(C)cc2)nc2cc(C)[nH]c2c1=O. The summed E-state index contributed by atoms with van der Waals surface area (Å²) < 4.78 is 1.12. The Balaban J connectivity index is 1.74. The zero-order valence-electron chi connectivity index (χ0n) is 17.2. The Morgan fingerprint density at radius 3 is 2.60 bits per heavy atom. The number of carbonyl (C=O) groups is 2. The summed E-state index contributed by atoms with van der Waals surface area (Å²) in [6, 6.07) is 9.68. The fraction of sp³-hybridized carbons (Fsp3) is 0.333. The van der Waals surface area contributed by atoms with Gasteiger partial charge in [0.2, 0.25) is 11.8 Å². The number of benzene rings is 1. The van der Waals surface area contributed by atoms with Gasteiger partial charge in [0.1, 0.15) is 5.52 Å². The fourth-order valence-electron chi connectivity index (χ4n) is 2.87. The zero-order valence-corrected chi connectivity index (χ0v) is 18.1. The minimum absolute atomic E-state index is 0.0663. The average Bonchev–Trinajstić information content (AvgIpc) is 3.09. The van der Waals surface area contributed by atoms with E-state index in [1.165, 1.54) is 0 Å². The van der Waals surface area contributed by atoms with E-state index in [4.69, 9.17) is 0 Å². The second-order valence-corrected chi connectivity index (χ2v) is 8.03. The van der Waals surface area contributed by atoms with Gasteiger partial charge in [0, 0.05) is 18.7 Å². The molecule has 0 atom stereocenters. The number of hydrogen-bond acceptors (Lipinski definition) is 5. The van der Waals surface area contributed by atoms with Crippen LogP contribution in [-0.4, -0.2) is 32.2 Å². The molecule has 0 saturated heterocycles. The Bertz CT molecular complexity index is 1120. The van der Waals surface area contributed by atoms with Crippen molar-refractivity contribution in [2.75, 3.05) is 11.2 Å². The van der Waals surface area contributed by atoms with E-state index >= 15 is 0 Å². The van der Waals surface area contributed by atoms with Crippen LogP contribution in [0.25, 0.3) is 11.0 Å². The molecule has 3 aromatic rings. The Kier molecular flexibility index (Phi) is 6.94. The highest BCUT2D eigenvalue weighted by Crippen LogP contribution is 2.17. The lowest BCUT2D eigenvalue weighted by molar-refractivity contribution is -0.119. The predicted molar refractivity (Wildman–Crippen MR) is 118 cm³/mol. The van der Waals surface area contributed by atoms with Crippen LogP contribution < -0.4 is 16.3 Å². The molecule has 8 nitrogen and oxygen atoms in total. The first-order chi connectivity index (χ1) is 14.4. The lowest BCUT2D eigenvalue weighted by Gasteiger charge is -2.13. The third-order valence-electron chi connectivity index (χ3n) is 4.41. The third kappa shape index (κ3) is 5.29. The lowest BCUT2D eigenvalue weighted by Crippen LogP contribution is -2.35. The van der Waals surface area contributed by atoms with E-state index in [9.17, 15) is 14.4 Å². The molecule has 0 fully saturated rings. The first-order valence-corrected chi connectivity index (χ1v) is 10.7. The molecular weight excluding hydrogens is 402 g/mol. The summed E-state index contributed by atoms with van der Waals surface area (Å²) in [4.78, 5) is 44.7. The molecule has 9 heteroatoms. The number of H-pyrrole nitrogens is 1. The zero-order chi connectivity index (χ0) is 21.7. The average molecular weight is 428 g/mol. The molecule has 158 valence electrons. The summed E-state index contributed by atoms with van der Waals surface area (Å²) in [7, 11) is 0. The normalized spacial score (nSPS) is 10.9. The van der Waals surface area contributed by atoms with Crippen molar-refractivity contribution >= 4 is 34.6 Å². The highest BCUT2D eigenvalue weighted by molar-refractivity contribution is 7.99. The van der Waals surface area contributed by atoms with Gasteiger partial charge in [-0.1, -0.05) is 48.5 Å². The van der Waals surface area contributed by atoms with E-state index in [0.29, 0.717) is 24.0 Å². The van der Waals surface area contributed by atoms with E-state index < -0.39 is 5.56 Å². The molecule has 0 saturated carbocycles. The highest BCUT2D eigenvalue weighted by atomic mass is 32.2. The topological polar surface area (TPSA) is 109 Å². The van der Waals surface area contributed by atoms with E-state index in [1.54, 1.807) is 6.07 Å². The number of amides is 2. The molecule has 3 rings (SSSR count). The molecular formula is C21H25N5O3S. The Labute approximate surface area is 178 Å². The van der Waals surface area contributed by atoms with Crippen molar-refractivity contribution in [2.24, 2.45) is 0 Å². The smallest absolute Gasteiger partial charge is 0.297 e. The van der Waals surface area contributed by atoms with Crippen LogP contribution in [0.2, 0.25) is 0 Å². The summed E-state index contributed by atoms with van der Waals surface area (Å²) >= 11 is 1.10. The van der Waals surface area contributed by atoms with Crippen molar-refractivity contribution in [1.29, 1.82) is 0 Å². The van der Waals surface area contributed by atoms with Crippen molar-refractivity contribution in [3.05, 3.63) is 57.5 Å². The van der Waals surface area contributed by atoms with Gasteiger partial charge in [0.25, 0.3) is 5.56 Å². The number of thioether (sulfide) groups is 1.